The number of hydrogen-bond donors (Lipinski definition) is 1. The Morgan fingerprint density at radius 2 is 2.00 bits per heavy atom. The zero-order chi connectivity index (χ0) is 23.4. The van der Waals surface area contributed by atoms with Crippen LogP contribution < -0.4 is 5.32 Å². The van der Waals surface area contributed by atoms with E-state index < -0.39 is 5.60 Å². The number of ether oxygens (including phenoxy) is 1. The first-order chi connectivity index (χ1) is 15.8. The number of halogens is 1. The number of pyridine rings is 1. The van der Waals surface area contributed by atoms with Gasteiger partial charge in [0.2, 0.25) is 0 Å². The van der Waals surface area contributed by atoms with Crippen molar-refractivity contribution in [1.29, 1.82) is 0 Å². The lowest BCUT2D eigenvalue weighted by molar-refractivity contribution is -0.0724. The maximum Gasteiger partial charge on any atom is 0.274 e. The second-order valence-electron chi connectivity index (χ2n) is 8.19. The number of hydrogen-bond acceptors (Lipinski definition) is 5. The monoisotopic (exact) mass is 480 g/mol. The Balaban J connectivity index is 1.43. The van der Waals surface area contributed by atoms with Crippen molar-refractivity contribution < 1.29 is 9.53 Å². The molecule has 0 aliphatic carbocycles. The standard InChI is InChI=1S/C25H25ClN4O2S/c1-17(19-6-4-7-20(26)14-19)32-25(2,3)22-16-33-24(28-22)29-23(31)21-8-5-13-30(21)15-18-9-11-27-12-10-18/h4-14,16-17H,15H2,1-3H3,(H,28,29,31). The Labute approximate surface area is 202 Å². The first kappa shape index (κ1) is 23.2. The molecule has 3 aromatic heterocycles. The topological polar surface area (TPSA) is 69.0 Å². The predicted molar refractivity (Wildman–Crippen MR) is 132 cm³/mol. The van der Waals surface area contributed by atoms with Crippen molar-refractivity contribution in [2.24, 2.45) is 0 Å². The van der Waals surface area contributed by atoms with Crippen LogP contribution in [-0.4, -0.2) is 20.4 Å². The third-order valence-electron chi connectivity index (χ3n) is 5.30. The van der Waals surface area contributed by atoms with Crippen molar-refractivity contribution in [3.05, 3.63) is 100 Å². The number of carbonyl (C=O) groups is 1. The molecule has 1 atom stereocenters. The fourth-order valence-corrected chi connectivity index (χ4v) is 4.60. The molecule has 1 unspecified atom stereocenters. The second-order valence-corrected chi connectivity index (χ2v) is 9.49. The molecule has 0 aliphatic heterocycles. The van der Waals surface area contributed by atoms with Crippen LogP contribution in [0.15, 0.2) is 72.5 Å². The predicted octanol–water partition coefficient (Wildman–Crippen LogP) is 6.31. The highest BCUT2D eigenvalue weighted by atomic mass is 35.5. The largest absolute Gasteiger partial charge is 0.362 e. The molecule has 6 nitrogen and oxygen atoms in total. The molecule has 33 heavy (non-hydrogen) atoms. The SMILES string of the molecule is CC(OC(C)(C)c1csc(NC(=O)c2cccn2Cc2ccncc2)n1)c1cccc(Cl)c1. The number of nitrogens with one attached hydrogen (secondary N) is 1. The van der Waals surface area contributed by atoms with E-state index >= 15 is 0 Å². The van der Waals surface area contributed by atoms with Crippen molar-refractivity contribution in [2.75, 3.05) is 5.32 Å². The van der Waals surface area contributed by atoms with Gasteiger partial charge in [0, 0.05) is 35.5 Å². The fourth-order valence-electron chi connectivity index (χ4n) is 3.54. The van der Waals surface area contributed by atoms with E-state index in [9.17, 15) is 4.79 Å². The van der Waals surface area contributed by atoms with Gasteiger partial charge in [-0.1, -0.05) is 23.7 Å². The van der Waals surface area contributed by atoms with Gasteiger partial charge in [-0.3, -0.25) is 15.1 Å². The summed E-state index contributed by atoms with van der Waals surface area (Å²) in [5, 5.41) is 6.03. The second kappa shape index (κ2) is 9.87. The summed E-state index contributed by atoms with van der Waals surface area (Å²) < 4.78 is 8.21. The van der Waals surface area contributed by atoms with Crippen molar-refractivity contribution in [1.82, 2.24) is 14.5 Å². The molecule has 0 saturated carbocycles. The van der Waals surface area contributed by atoms with Crippen molar-refractivity contribution in [2.45, 2.75) is 39.0 Å². The normalized spacial score (nSPS) is 12.5. The van der Waals surface area contributed by atoms with Gasteiger partial charge in [0.05, 0.1) is 11.8 Å². The van der Waals surface area contributed by atoms with Gasteiger partial charge >= 0.3 is 0 Å². The highest BCUT2D eigenvalue weighted by molar-refractivity contribution is 7.14. The summed E-state index contributed by atoms with van der Waals surface area (Å²) >= 11 is 7.49. The van der Waals surface area contributed by atoms with E-state index in [1.165, 1.54) is 11.3 Å². The maximum atomic E-state index is 12.9. The van der Waals surface area contributed by atoms with Gasteiger partial charge in [-0.15, -0.1) is 11.3 Å². The molecule has 0 radical (unpaired) electrons. The third kappa shape index (κ3) is 5.68. The minimum Gasteiger partial charge on any atom is -0.362 e. The summed E-state index contributed by atoms with van der Waals surface area (Å²) in [6.07, 6.45) is 5.20. The molecule has 0 saturated heterocycles. The van der Waals surface area contributed by atoms with Gasteiger partial charge < -0.3 is 9.30 Å². The van der Waals surface area contributed by atoms with Crippen LogP contribution in [0.1, 0.15) is 54.2 Å². The lowest BCUT2D eigenvalue weighted by Crippen LogP contribution is -2.24. The molecule has 170 valence electrons. The highest BCUT2D eigenvalue weighted by Crippen LogP contribution is 2.34. The smallest absolute Gasteiger partial charge is 0.274 e. The van der Waals surface area contributed by atoms with Gasteiger partial charge in [0.1, 0.15) is 11.3 Å². The van der Waals surface area contributed by atoms with E-state index in [-0.39, 0.29) is 12.0 Å². The van der Waals surface area contributed by atoms with Gasteiger partial charge in [-0.25, -0.2) is 4.98 Å². The third-order valence-corrected chi connectivity index (χ3v) is 6.29. The summed E-state index contributed by atoms with van der Waals surface area (Å²) in [5.74, 6) is -0.207. The number of nitrogens with zero attached hydrogens (tertiary/aromatic N) is 3. The molecular formula is C25H25ClN4O2S. The van der Waals surface area contributed by atoms with E-state index in [0.29, 0.717) is 22.4 Å². The van der Waals surface area contributed by atoms with Crippen LogP contribution >= 0.6 is 22.9 Å². The summed E-state index contributed by atoms with van der Waals surface area (Å²) in [6, 6.07) is 15.2. The van der Waals surface area contributed by atoms with Gasteiger partial charge in [-0.05, 0) is 68.3 Å². The van der Waals surface area contributed by atoms with Crippen molar-refractivity contribution in [3.63, 3.8) is 0 Å². The summed E-state index contributed by atoms with van der Waals surface area (Å²) in [7, 11) is 0. The Kier molecular flexibility index (Phi) is 6.93. The summed E-state index contributed by atoms with van der Waals surface area (Å²) in [4.78, 5) is 21.6. The number of amides is 1. The van der Waals surface area contributed by atoms with Gasteiger partial charge in [-0.2, -0.15) is 0 Å². The molecule has 4 rings (SSSR count). The Morgan fingerprint density at radius 1 is 1.21 bits per heavy atom. The molecular weight excluding hydrogens is 456 g/mol. The fraction of sp³-hybridized carbons (Fsp3) is 0.240. The molecule has 0 fully saturated rings. The number of carbonyl (C=O) groups excluding carboxylic acids is 1. The lowest BCUT2D eigenvalue weighted by atomic mass is 10.0. The molecule has 8 heteroatoms. The van der Waals surface area contributed by atoms with Crippen molar-refractivity contribution in [3.8, 4) is 0 Å². The number of aromatic nitrogens is 3. The van der Waals surface area contributed by atoms with Crippen LogP contribution in [0.5, 0.6) is 0 Å². The minimum absolute atomic E-state index is 0.171. The van der Waals surface area contributed by atoms with Crippen LogP contribution in [-0.2, 0) is 16.9 Å². The summed E-state index contributed by atoms with van der Waals surface area (Å²) in [5.41, 5.74) is 2.73. The molecule has 1 aromatic carbocycles. The Bertz CT molecular complexity index is 1240. The molecule has 0 bridgehead atoms. The highest BCUT2D eigenvalue weighted by Gasteiger charge is 2.28. The first-order valence-electron chi connectivity index (χ1n) is 10.6. The van der Waals surface area contributed by atoms with Crippen LogP contribution in [0.4, 0.5) is 5.13 Å². The average molecular weight is 481 g/mol. The van der Waals surface area contributed by atoms with E-state index in [4.69, 9.17) is 16.3 Å². The molecule has 1 N–H and O–H groups in total. The van der Waals surface area contributed by atoms with E-state index in [0.717, 1.165) is 16.8 Å². The quantitative estimate of drug-likeness (QED) is 0.321. The Hall–Kier alpha value is -3.00. The Morgan fingerprint density at radius 3 is 2.76 bits per heavy atom. The van der Waals surface area contributed by atoms with Crippen LogP contribution in [0.2, 0.25) is 5.02 Å². The van der Waals surface area contributed by atoms with Crippen LogP contribution in [0.25, 0.3) is 0 Å². The number of rotatable bonds is 8. The van der Waals surface area contributed by atoms with E-state index in [1.54, 1.807) is 18.5 Å². The van der Waals surface area contributed by atoms with Crippen LogP contribution in [0.3, 0.4) is 0 Å². The van der Waals surface area contributed by atoms with E-state index in [2.05, 4.69) is 15.3 Å². The van der Waals surface area contributed by atoms with Crippen LogP contribution in [0, 0.1) is 0 Å². The molecule has 3 heterocycles. The maximum absolute atomic E-state index is 12.9. The summed E-state index contributed by atoms with van der Waals surface area (Å²) in [6.45, 7) is 6.51. The number of benzene rings is 1. The van der Waals surface area contributed by atoms with E-state index in [1.807, 2.05) is 79.4 Å². The first-order valence-corrected chi connectivity index (χ1v) is 11.8. The molecule has 0 spiro atoms. The zero-order valence-electron chi connectivity index (χ0n) is 18.7. The molecule has 4 aromatic rings. The molecule has 1 amide bonds. The molecule has 0 aliphatic rings. The van der Waals surface area contributed by atoms with Crippen molar-refractivity contribution >= 4 is 34.0 Å². The number of anilines is 1. The minimum atomic E-state index is -0.650. The van der Waals surface area contributed by atoms with Gasteiger partial charge in [0.25, 0.3) is 5.91 Å². The number of thiazole rings is 1. The lowest BCUT2D eigenvalue weighted by Gasteiger charge is -2.28. The average Bonchev–Trinajstić information content (AvgIpc) is 3.44. The van der Waals surface area contributed by atoms with Gasteiger partial charge in [0.15, 0.2) is 5.13 Å². The zero-order valence-corrected chi connectivity index (χ0v) is 20.2.